The molecule has 1 aliphatic carbocycles. The monoisotopic (exact) mass is 317 g/mol. The minimum absolute atomic E-state index is 0.178. The summed E-state index contributed by atoms with van der Waals surface area (Å²) >= 11 is 0. The Morgan fingerprint density at radius 1 is 1.14 bits per heavy atom. The predicted octanol–water partition coefficient (Wildman–Crippen LogP) is 2.45. The molecule has 0 atom stereocenters. The van der Waals surface area contributed by atoms with Gasteiger partial charge in [0.1, 0.15) is 6.33 Å². The number of rotatable bonds is 5. The highest BCUT2D eigenvalue weighted by atomic mass is 32.2. The molecule has 1 aromatic carbocycles. The van der Waals surface area contributed by atoms with Crippen molar-refractivity contribution in [3.63, 3.8) is 0 Å². The van der Waals surface area contributed by atoms with Crippen LogP contribution < -0.4 is 4.72 Å². The summed E-state index contributed by atoms with van der Waals surface area (Å²) in [5.74, 6) is 0.526. The van der Waals surface area contributed by atoms with Crippen LogP contribution in [0.25, 0.3) is 0 Å². The van der Waals surface area contributed by atoms with Gasteiger partial charge >= 0.3 is 0 Å². The van der Waals surface area contributed by atoms with E-state index in [1.54, 1.807) is 12.1 Å². The van der Waals surface area contributed by atoms with Gasteiger partial charge in [-0.1, -0.05) is 6.07 Å². The van der Waals surface area contributed by atoms with E-state index >= 15 is 0 Å². The number of sulfonamides is 1. The molecular weight excluding hydrogens is 298 g/mol. The van der Waals surface area contributed by atoms with Gasteiger partial charge < -0.3 is 0 Å². The van der Waals surface area contributed by atoms with Gasteiger partial charge in [0, 0.05) is 11.6 Å². The van der Waals surface area contributed by atoms with Crippen LogP contribution in [0.4, 0.5) is 0 Å². The summed E-state index contributed by atoms with van der Waals surface area (Å²) in [6.07, 6.45) is 3.82. The summed E-state index contributed by atoms with van der Waals surface area (Å²) in [4.78, 5) is 8.66. The zero-order valence-corrected chi connectivity index (χ0v) is 13.5. The second kappa shape index (κ2) is 5.78. The Bertz CT molecular complexity index is 799. The molecule has 0 spiro atoms. The van der Waals surface area contributed by atoms with Crippen LogP contribution in [0.15, 0.2) is 35.5 Å². The second-order valence-corrected chi connectivity index (χ2v) is 7.55. The SMILES string of the molecule is Cc1ccc(S(=O)(=O)NCc2cc(C3CC3)ncn2)cc1C. The minimum atomic E-state index is -3.53. The molecule has 116 valence electrons. The maximum atomic E-state index is 12.3. The van der Waals surface area contributed by atoms with Crippen LogP contribution in [-0.4, -0.2) is 18.4 Å². The molecule has 0 radical (unpaired) electrons. The predicted molar refractivity (Wildman–Crippen MR) is 83.9 cm³/mol. The quantitative estimate of drug-likeness (QED) is 0.919. The maximum Gasteiger partial charge on any atom is 0.240 e. The molecule has 1 aromatic heterocycles. The maximum absolute atomic E-state index is 12.3. The Morgan fingerprint density at radius 2 is 1.91 bits per heavy atom. The fraction of sp³-hybridized carbons (Fsp3) is 0.375. The van der Waals surface area contributed by atoms with Crippen LogP contribution in [-0.2, 0) is 16.6 Å². The fourth-order valence-electron chi connectivity index (χ4n) is 2.25. The summed E-state index contributed by atoms with van der Waals surface area (Å²) in [7, 11) is -3.53. The van der Waals surface area contributed by atoms with E-state index in [0.29, 0.717) is 11.6 Å². The average Bonchev–Trinajstić information content (AvgIpc) is 3.33. The van der Waals surface area contributed by atoms with Crippen molar-refractivity contribution < 1.29 is 8.42 Å². The van der Waals surface area contributed by atoms with Gasteiger partial charge in [0.15, 0.2) is 0 Å². The van der Waals surface area contributed by atoms with E-state index in [9.17, 15) is 8.42 Å². The van der Waals surface area contributed by atoms with Gasteiger partial charge in [0.2, 0.25) is 10.0 Å². The van der Waals surface area contributed by atoms with E-state index in [2.05, 4.69) is 14.7 Å². The number of aromatic nitrogens is 2. The van der Waals surface area contributed by atoms with Gasteiger partial charge in [-0.2, -0.15) is 0 Å². The first-order valence-electron chi connectivity index (χ1n) is 7.33. The number of aryl methyl sites for hydroxylation is 2. The highest BCUT2D eigenvalue weighted by molar-refractivity contribution is 7.89. The van der Waals surface area contributed by atoms with E-state index in [4.69, 9.17) is 0 Å². The number of nitrogens with zero attached hydrogens (tertiary/aromatic N) is 2. The van der Waals surface area contributed by atoms with Gasteiger partial charge in [-0.05, 0) is 56.0 Å². The first kappa shape index (κ1) is 15.1. The fourth-order valence-corrected chi connectivity index (χ4v) is 3.33. The second-order valence-electron chi connectivity index (χ2n) is 5.78. The zero-order valence-electron chi connectivity index (χ0n) is 12.7. The summed E-state index contributed by atoms with van der Waals surface area (Å²) in [5.41, 5.74) is 3.74. The lowest BCUT2D eigenvalue weighted by molar-refractivity contribution is 0.580. The highest BCUT2D eigenvalue weighted by Crippen LogP contribution is 2.38. The molecule has 1 aliphatic rings. The van der Waals surface area contributed by atoms with Gasteiger partial charge in [0.25, 0.3) is 0 Å². The minimum Gasteiger partial charge on any atom is -0.241 e. The number of nitrogens with one attached hydrogen (secondary N) is 1. The van der Waals surface area contributed by atoms with Crippen LogP contribution in [0.2, 0.25) is 0 Å². The lowest BCUT2D eigenvalue weighted by atomic mass is 10.1. The average molecular weight is 317 g/mol. The van der Waals surface area contributed by atoms with Crippen LogP contribution >= 0.6 is 0 Å². The van der Waals surface area contributed by atoms with Crippen molar-refractivity contribution in [2.24, 2.45) is 0 Å². The third kappa shape index (κ3) is 3.34. The molecule has 5 nitrogen and oxygen atoms in total. The molecule has 6 heteroatoms. The topological polar surface area (TPSA) is 72.0 Å². The summed E-state index contributed by atoms with van der Waals surface area (Å²) in [6, 6.07) is 7.02. The third-order valence-corrected chi connectivity index (χ3v) is 5.37. The molecule has 0 unspecified atom stereocenters. The summed E-state index contributed by atoms with van der Waals surface area (Å²) in [5, 5.41) is 0. The molecule has 22 heavy (non-hydrogen) atoms. The Kier molecular flexibility index (Phi) is 3.97. The smallest absolute Gasteiger partial charge is 0.240 e. The highest BCUT2D eigenvalue weighted by Gasteiger charge is 2.25. The van der Waals surface area contributed by atoms with Gasteiger partial charge in [0.05, 0.1) is 17.1 Å². The van der Waals surface area contributed by atoms with Gasteiger partial charge in [-0.3, -0.25) is 0 Å². The molecule has 0 aliphatic heterocycles. The van der Waals surface area contributed by atoms with Crippen molar-refractivity contribution >= 4 is 10.0 Å². The molecule has 1 saturated carbocycles. The standard InChI is InChI=1S/C16H19N3O2S/c1-11-3-6-15(7-12(11)2)22(20,21)19-9-14-8-16(13-4-5-13)18-10-17-14/h3,6-8,10,13,19H,4-5,9H2,1-2H3. The van der Waals surface area contributed by atoms with Crippen LogP contribution in [0, 0.1) is 13.8 Å². The zero-order chi connectivity index (χ0) is 15.7. The van der Waals surface area contributed by atoms with Crippen molar-refractivity contribution in [3.05, 3.63) is 53.1 Å². The van der Waals surface area contributed by atoms with Crippen molar-refractivity contribution in [2.75, 3.05) is 0 Å². The number of benzene rings is 1. The van der Waals surface area contributed by atoms with Crippen molar-refractivity contribution in [1.82, 2.24) is 14.7 Å². The lowest BCUT2D eigenvalue weighted by Gasteiger charge is -2.09. The molecule has 3 rings (SSSR count). The van der Waals surface area contributed by atoms with E-state index in [1.165, 1.54) is 6.33 Å². The molecule has 1 heterocycles. The Balaban J connectivity index is 1.74. The van der Waals surface area contributed by atoms with Crippen molar-refractivity contribution in [3.8, 4) is 0 Å². The van der Waals surface area contributed by atoms with Gasteiger partial charge in [-0.25, -0.2) is 23.1 Å². The van der Waals surface area contributed by atoms with E-state index in [-0.39, 0.29) is 11.4 Å². The van der Waals surface area contributed by atoms with E-state index in [0.717, 1.165) is 29.7 Å². The first-order valence-corrected chi connectivity index (χ1v) is 8.82. The molecular formula is C16H19N3O2S. The normalized spacial score (nSPS) is 15.0. The van der Waals surface area contributed by atoms with Crippen LogP contribution in [0.5, 0.6) is 0 Å². The first-order chi connectivity index (χ1) is 10.5. The molecule has 0 saturated heterocycles. The van der Waals surface area contributed by atoms with E-state index in [1.807, 2.05) is 26.0 Å². The van der Waals surface area contributed by atoms with Crippen LogP contribution in [0.3, 0.4) is 0 Å². The molecule has 0 amide bonds. The van der Waals surface area contributed by atoms with Crippen molar-refractivity contribution in [1.29, 1.82) is 0 Å². The number of hydrogen-bond acceptors (Lipinski definition) is 4. The van der Waals surface area contributed by atoms with Crippen molar-refractivity contribution in [2.45, 2.75) is 44.0 Å². The summed E-state index contributed by atoms with van der Waals surface area (Å²) in [6.45, 7) is 4.04. The Labute approximate surface area is 130 Å². The molecule has 0 bridgehead atoms. The van der Waals surface area contributed by atoms with Gasteiger partial charge in [-0.15, -0.1) is 0 Å². The molecule has 1 N–H and O–H groups in total. The van der Waals surface area contributed by atoms with E-state index < -0.39 is 10.0 Å². The van der Waals surface area contributed by atoms with Crippen LogP contribution in [0.1, 0.15) is 41.3 Å². The lowest BCUT2D eigenvalue weighted by Crippen LogP contribution is -2.24. The Morgan fingerprint density at radius 3 is 2.59 bits per heavy atom. The molecule has 1 fully saturated rings. The third-order valence-electron chi connectivity index (χ3n) is 3.97. The largest absolute Gasteiger partial charge is 0.241 e. The number of hydrogen-bond donors (Lipinski definition) is 1. The summed E-state index contributed by atoms with van der Waals surface area (Å²) < 4.78 is 27.3. The molecule has 2 aromatic rings. The Hall–Kier alpha value is -1.79.